The van der Waals surface area contributed by atoms with Gasteiger partial charge in [0, 0.05) is 37.2 Å². The third-order valence-corrected chi connectivity index (χ3v) is 3.49. The molecule has 0 aromatic heterocycles. The number of methoxy groups -OCH3 is 1. The van der Waals surface area contributed by atoms with Crippen LogP contribution >= 0.6 is 0 Å². The molecule has 0 spiro atoms. The second kappa shape index (κ2) is 6.38. The lowest BCUT2D eigenvalue weighted by Gasteiger charge is -2.17. The Morgan fingerprint density at radius 2 is 2.30 bits per heavy atom. The molecule has 0 bridgehead atoms. The van der Waals surface area contributed by atoms with Gasteiger partial charge >= 0.3 is 0 Å². The van der Waals surface area contributed by atoms with Crippen LogP contribution in [0.1, 0.15) is 22.3 Å². The smallest absolute Gasteiger partial charge is 0.253 e. The summed E-state index contributed by atoms with van der Waals surface area (Å²) >= 11 is 0. The Labute approximate surface area is 117 Å². The number of oxime groups is 1. The fourth-order valence-electron chi connectivity index (χ4n) is 2.44. The lowest BCUT2D eigenvalue weighted by Crippen LogP contribution is -2.29. The van der Waals surface area contributed by atoms with Gasteiger partial charge in [-0.15, -0.1) is 0 Å². The third-order valence-electron chi connectivity index (χ3n) is 3.49. The fraction of sp³-hybridized carbons (Fsp3) is 0.429. The van der Waals surface area contributed by atoms with Crippen molar-refractivity contribution in [1.82, 2.24) is 4.90 Å². The first-order valence-electron chi connectivity index (χ1n) is 6.52. The summed E-state index contributed by atoms with van der Waals surface area (Å²) in [5.74, 6) is 0.366. The highest BCUT2D eigenvalue weighted by atomic mass is 16.5. The number of carbonyl (C=O) groups is 1. The zero-order chi connectivity index (χ0) is 14.5. The molecule has 1 unspecified atom stereocenters. The summed E-state index contributed by atoms with van der Waals surface area (Å²) in [6.45, 7) is 2.12. The van der Waals surface area contributed by atoms with Crippen LogP contribution in [0.2, 0.25) is 0 Å². The third kappa shape index (κ3) is 3.08. The van der Waals surface area contributed by atoms with Gasteiger partial charge in [0.25, 0.3) is 5.91 Å². The number of benzene rings is 1. The molecule has 1 aromatic carbocycles. The molecule has 1 saturated heterocycles. The van der Waals surface area contributed by atoms with Crippen LogP contribution < -0.4 is 5.73 Å². The largest absolute Gasteiger partial charge is 0.409 e. The number of ether oxygens (including phenoxy) is 1. The number of hydrogen-bond acceptors (Lipinski definition) is 4. The van der Waals surface area contributed by atoms with Crippen molar-refractivity contribution < 1.29 is 14.7 Å². The van der Waals surface area contributed by atoms with E-state index < -0.39 is 0 Å². The minimum Gasteiger partial charge on any atom is -0.409 e. The first kappa shape index (κ1) is 14.3. The molecular formula is C14H19N3O3. The molecule has 6 nitrogen and oxygen atoms in total. The van der Waals surface area contributed by atoms with E-state index in [1.165, 1.54) is 0 Å². The summed E-state index contributed by atoms with van der Waals surface area (Å²) in [6.07, 6.45) is 0.958. The Hall–Kier alpha value is -2.08. The van der Waals surface area contributed by atoms with Crippen molar-refractivity contribution in [2.45, 2.75) is 6.42 Å². The van der Waals surface area contributed by atoms with E-state index in [4.69, 9.17) is 15.7 Å². The molecule has 0 aliphatic carbocycles. The number of nitrogens with zero attached hydrogens (tertiary/aromatic N) is 2. The summed E-state index contributed by atoms with van der Waals surface area (Å²) in [5, 5.41) is 11.6. The molecule has 1 atom stereocenters. The number of rotatable bonds is 4. The first-order chi connectivity index (χ1) is 9.65. The number of carbonyl (C=O) groups excluding carboxylic acids is 1. The Balaban J connectivity index is 2.10. The van der Waals surface area contributed by atoms with Crippen molar-refractivity contribution in [3.8, 4) is 0 Å². The van der Waals surface area contributed by atoms with Crippen molar-refractivity contribution in [2.24, 2.45) is 16.8 Å². The van der Waals surface area contributed by atoms with Gasteiger partial charge in [0.1, 0.15) is 0 Å². The van der Waals surface area contributed by atoms with Crippen molar-refractivity contribution >= 4 is 11.7 Å². The molecule has 3 N–H and O–H groups in total. The molecule has 108 valence electrons. The average Bonchev–Trinajstić information content (AvgIpc) is 2.95. The van der Waals surface area contributed by atoms with Gasteiger partial charge in [-0.25, -0.2) is 0 Å². The molecular weight excluding hydrogens is 258 g/mol. The maximum Gasteiger partial charge on any atom is 0.253 e. The molecule has 6 heteroatoms. The van der Waals surface area contributed by atoms with Crippen molar-refractivity contribution in [1.29, 1.82) is 0 Å². The van der Waals surface area contributed by atoms with Crippen LogP contribution in [-0.4, -0.2) is 48.7 Å². The lowest BCUT2D eigenvalue weighted by atomic mass is 10.1. The SMILES string of the molecule is COCC1CCN(C(=O)c2cccc(C(N)=NO)c2)C1. The quantitative estimate of drug-likeness (QED) is 0.370. The monoisotopic (exact) mass is 277 g/mol. The Morgan fingerprint density at radius 3 is 3.00 bits per heavy atom. The van der Waals surface area contributed by atoms with Gasteiger partial charge in [0.15, 0.2) is 5.84 Å². The molecule has 0 radical (unpaired) electrons. The van der Waals surface area contributed by atoms with Crippen LogP contribution in [0.15, 0.2) is 29.4 Å². The minimum absolute atomic E-state index is 0.00154. The fourth-order valence-corrected chi connectivity index (χ4v) is 2.44. The van der Waals surface area contributed by atoms with E-state index in [0.29, 0.717) is 30.2 Å². The van der Waals surface area contributed by atoms with Gasteiger partial charge in [-0.1, -0.05) is 17.3 Å². The van der Waals surface area contributed by atoms with Crippen molar-refractivity contribution in [3.05, 3.63) is 35.4 Å². The topological polar surface area (TPSA) is 88.2 Å². The van der Waals surface area contributed by atoms with E-state index in [2.05, 4.69) is 5.16 Å². The second-order valence-corrected chi connectivity index (χ2v) is 4.93. The summed E-state index contributed by atoms with van der Waals surface area (Å²) in [7, 11) is 1.67. The number of amidine groups is 1. The standard InChI is InChI=1S/C14H19N3O3/c1-20-9-10-5-6-17(8-10)14(18)12-4-2-3-11(7-12)13(15)16-19/h2-4,7,10,19H,5-6,8-9H2,1H3,(H2,15,16). The molecule has 1 amide bonds. The number of nitrogens with two attached hydrogens (primary N) is 1. The molecule has 1 aromatic rings. The van der Waals surface area contributed by atoms with Crippen LogP contribution in [0, 0.1) is 5.92 Å². The Bertz CT molecular complexity index is 516. The minimum atomic E-state index is -0.0313. The molecule has 1 aliphatic heterocycles. The number of likely N-dealkylation sites (tertiary alicyclic amines) is 1. The van der Waals surface area contributed by atoms with Crippen LogP contribution in [0.25, 0.3) is 0 Å². The average molecular weight is 277 g/mol. The van der Waals surface area contributed by atoms with Crippen LogP contribution in [0.5, 0.6) is 0 Å². The van der Waals surface area contributed by atoms with E-state index >= 15 is 0 Å². The molecule has 1 aliphatic rings. The maximum atomic E-state index is 12.4. The van der Waals surface area contributed by atoms with E-state index in [-0.39, 0.29) is 11.7 Å². The highest BCUT2D eigenvalue weighted by Gasteiger charge is 2.26. The zero-order valence-electron chi connectivity index (χ0n) is 11.5. The van der Waals surface area contributed by atoms with Gasteiger partial charge in [0.05, 0.1) is 6.61 Å². The van der Waals surface area contributed by atoms with Crippen molar-refractivity contribution in [3.63, 3.8) is 0 Å². The van der Waals surface area contributed by atoms with E-state index in [1.807, 2.05) is 4.90 Å². The van der Waals surface area contributed by atoms with Crippen LogP contribution in [0.3, 0.4) is 0 Å². The van der Waals surface area contributed by atoms with Gasteiger partial charge in [-0.05, 0) is 18.6 Å². The summed E-state index contributed by atoms with van der Waals surface area (Å²) in [6, 6.07) is 6.80. The number of hydrogen-bond donors (Lipinski definition) is 2. The number of amides is 1. The normalized spacial score (nSPS) is 19.4. The van der Waals surface area contributed by atoms with Gasteiger partial charge in [0.2, 0.25) is 0 Å². The highest BCUT2D eigenvalue weighted by Crippen LogP contribution is 2.19. The summed E-state index contributed by atoms with van der Waals surface area (Å²) < 4.78 is 5.13. The molecule has 1 heterocycles. The predicted octanol–water partition coefficient (Wildman–Crippen LogP) is 0.890. The maximum absolute atomic E-state index is 12.4. The van der Waals surface area contributed by atoms with E-state index in [0.717, 1.165) is 13.0 Å². The molecule has 1 fully saturated rings. The zero-order valence-corrected chi connectivity index (χ0v) is 11.5. The Kier molecular flexibility index (Phi) is 4.57. The summed E-state index contributed by atoms with van der Waals surface area (Å²) in [4.78, 5) is 14.2. The van der Waals surface area contributed by atoms with E-state index in [1.54, 1.807) is 31.4 Å². The van der Waals surface area contributed by atoms with Gasteiger partial charge in [-0.2, -0.15) is 0 Å². The van der Waals surface area contributed by atoms with E-state index in [9.17, 15) is 4.79 Å². The Morgan fingerprint density at radius 1 is 1.55 bits per heavy atom. The summed E-state index contributed by atoms with van der Waals surface area (Å²) in [5.41, 5.74) is 6.62. The predicted molar refractivity (Wildman–Crippen MR) is 74.8 cm³/mol. The molecule has 2 rings (SSSR count). The molecule has 0 saturated carbocycles. The van der Waals surface area contributed by atoms with Gasteiger partial charge in [-0.3, -0.25) is 4.79 Å². The highest BCUT2D eigenvalue weighted by molar-refractivity contribution is 6.01. The van der Waals surface area contributed by atoms with Crippen LogP contribution in [0.4, 0.5) is 0 Å². The first-order valence-corrected chi connectivity index (χ1v) is 6.52. The molecule has 20 heavy (non-hydrogen) atoms. The lowest BCUT2D eigenvalue weighted by molar-refractivity contribution is 0.0775. The van der Waals surface area contributed by atoms with Crippen molar-refractivity contribution in [2.75, 3.05) is 26.8 Å². The van der Waals surface area contributed by atoms with Gasteiger partial charge < -0.3 is 20.6 Å². The second-order valence-electron chi connectivity index (χ2n) is 4.93. The van der Waals surface area contributed by atoms with Crippen LogP contribution in [-0.2, 0) is 4.74 Å².